The van der Waals surface area contributed by atoms with Crippen LogP contribution in [-0.4, -0.2) is 40.6 Å². The summed E-state index contributed by atoms with van der Waals surface area (Å²) in [6.45, 7) is 3.70. The summed E-state index contributed by atoms with van der Waals surface area (Å²) in [5, 5.41) is 2.64. The monoisotopic (exact) mass is 438 g/mol. The van der Waals surface area contributed by atoms with Crippen molar-refractivity contribution in [2.45, 2.75) is 45.6 Å². The van der Waals surface area contributed by atoms with Crippen molar-refractivity contribution in [3.8, 4) is 21.8 Å². The Morgan fingerprint density at radius 2 is 2.10 bits per heavy atom. The summed E-state index contributed by atoms with van der Waals surface area (Å²) in [5.74, 6) is 0.473. The number of aromatic amines is 1. The van der Waals surface area contributed by atoms with Gasteiger partial charge in [0.05, 0.1) is 23.4 Å². The SMILES string of the molecule is CCOC(=O)c1cc(-c2csc(-c3ccnc(N(C)C4CCCC4)c3)n2)c(=O)[nH]c1C. The van der Waals surface area contributed by atoms with E-state index in [1.807, 2.05) is 17.5 Å². The second-order valence-electron chi connectivity index (χ2n) is 7.76. The van der Waals surface area contributed by atoms with E-state index < -0.39 is 5.97 Å². The number of carbonyl (C=O) groups is 1. The highest BCUT2D eigenvalue weighted by molar-refractivity contribution is 7.13. The summed E-state index contributed by atoms with van der Waals surface area (Å²) in [6.07, 6.45) is 6.73. The largest absolute Gasteiger partial charge is 0.462 e. The number of hydrogen-bond donors (Lipinski definition) is 1. The third kappa shape index (κ3) is 4.39. The van der Waals surface area contributed by atoms with Crippen LogP contribution in [0, 0.1) is 6.92 Å². The fourth-order valence-corrected chi connectivity index (χ4v) is 4.80. The van der Waals surface area contributed by atoms with Gasteiger partial charge in [0.15, 0.2) is 0 Å². The van der Waals surface area contributed by atoms with Gasteiger partial charge in [0, 0.05) is 35.9 Å². The molecular formula is C23H26N4O3S. The van der Waals surface area contributed by atoms with Gasteiger partial charge >= 0.3 is 5.97 Å². The molecule has 1 aliphatic carbocycles. The van der Waals surface area contributed by atoms with Crippen LogP contribution in [0.1, 0.15) is 48.7 Å². The van der Waals surface area contributed by atoms with Gasteiger partial charge in [-0.05, 0) is 44.9 Å². The van der Waals surface area contributed by atoms with Gasteiger partial charge in [0.2, 0.25) is 0 Å². The lowest BCUT2D eigenvalue weighted by molar-refractivity contribution is 0.0525. The molecule has 162 valence electrons. The lowest BCUT2D eigenvalue weighted by atomic mass is 10.1. The van der Waals surface area contributed by atoms with E-state index >= 15 is 0 Å². The van der Waals surface area contributed by atoms with E-state index in [1.54, 1.807) is 26.1 Å². The molecule has 3 aromatic rings. The number of thiazole rings is 1. The van der Waals surface area contributed by atoms with Crippen molar-refractivity contribution in [3.05, 3.63) is 51.4 Å². The molecule has 3 heterocycles. The molecule has 7 nitrogen and oxygen atoms in total. The summed E-state index contributed by atoms with van der Waals surface area (Å²) < 4.78 is 5.10. The molecule has 31 heavy (non-hydrogen) atoms. The lowest BCUT2D eigenvalue weighted by Gasteiger charge is -2.25. The van der Waals surface area contributed by atoms with Gasteiger partial charge in [0.25, 0.3) is 5.56 Å². The van der Waals surface area contributed by atoms with Crippen LogP contribution in [0.2, 0.25) is 0 Å². The van der Waals surface area contributed by atoms with E-state index in [0.29, 0.717) is 28.6 Å². The van der Waals surface area contributed by atoms with Gasteiger partial charge in [0.1, 0.15) is 10.8 Å². The maximum Gasteiger partial charge on any atom is 0.339 e. The van der Waals surface area contributed by atoms with E-state index in [1.165, 1.54) is 37.0 Å². The van der Waals surface area contributed by atoms with Gasteiger partial charge in [-0.3, -0.25) is 4.79 Å². The Kier molecular flexibility index (Phi) is 6.18. The molecule has 0 radical (unpaired) electrons. The predicted octanol–water partition coefficient (Wildman–Crippen LogP) is 4.42. The summed E-state index contributed by atoms with van der Waals surface area (Å²) >= 11 is 1.46. The molecule has 0 amide bonds. The van der Waals surface area contributed by atoms with Crippen LogP contribution in [0.25, 0.3) is 21.8 Å². The third-order valence-corrected chi connectivity index (χ3v) is 6.63. The highest BCUT2D eigenvalue weighted by atomic mass is 32.1. The predicted molar refractivity (Wildman–Crippen MR) is 123 cm³/mol. The number of nitrogens with one attached hydrogen (secondary N) is 1. The van der Waals surface area contributed by atoms with Crippen molar-refractivity contribution in [2.24, 2.45) is 0 Å². The minimum absolute atomic E-state index is 0.271. The lowest BCUT2D eigenvalue weighted by Crippen LogP contribution is -2.29. The first-order valence-electron chi connectivity index (χ1n) is 10.5. The van der Waals surface area contributed by atoms with Crippen molar-refractivity contribution in [1.29, 1.82) is 0 Å². The second-order valence-corrected chi connectivity index (χ2v) is 8.62. The summed E-state index contributed by atoms with van der Waals surface area (Å²) in [4.78, 5) is 39.0. The van der Waals surface area contributed by atoms with Crippen LogP contribution in [0.4, 0.5) is 5.82 Å². The average molecular weight is 439 g/mol. The average Bonchev–Trinajstić information content (AvgIpc) is 3.46. The Morgan fingerprint density at radius 3 is 2.84 bits per heavy atom. The minimum Gasteiger partial charge on any atom is -0.462 e. The Balaban J connectivity index is 1.65. The summed E-state index contributed by atoms with van der Waals surface area (Å²) in [6, 6.07) is 6.07. The van der Waals surface area contributed by atoms with Crippen LogP contribution in [0.15, 0.2) is 34.6 Å². The fourth-order valence-electron chi connectivity index (χ4n) is 3.99. The normalized spacial score (nSPS) is 14.0. The topological polar surface area (TPSA) is 88.2 Å². The maximum absolute atomic E-state index is 12.5. The molecule has 3 aromatic heterocycles. The van der Waals surface area contributed by atoms with E-state index in [-0.39, 0.29) is 12.2 Å². The minimum atomic E-state index is -0.457. The van der Waals surface area contributed by atoms with Crippen molar-refractivity contribution >= 4 is 23.1 Å². The Hall–Kier alpha value is -3.00. The number of pyridine rings is 2. The number of hydrogen-bond acceptors (Lipinski definition) is 7. The molecule has 1 saturated carbocycles. The smallest absolute Gasteiger partial charge is 0.339 e. The molecule has 4 rings (SSSR count). The maximum atomic E-state index is 12.5. The first kappa shape index (κ1) is 21.2. The second kappa shape index (κ2) is 9.01. The standard InChI is InChI=1S/C23H26N4O3S/c1-4-30-23(29)17-12-18(21(28)25-14(17)2)19-13-31-22(26-19)15-9-10-24-20(11-15)27(3)16-7-5-6-8-16/h9-13,16H,4-8H2,1-3H3,(H,25,28). The molecule has 0 aliphatic heterocycles. The number of H-pyrrole nitrogens is 1. The quantitative estimate of drug-likeness (QED) is 0.573. The summed E-state index contributed by atoms with van der Waals surface area (Å²) in [7, 11) is 2.10. The Bertz CT molecular complexity index is 1150. The zero-order valence-electron chi connectivity index (χ0n) is 18.0. The third-order valence-electron chi connectivity index (χ3n) is 5.74. The van der Waals surface area contributed by atoms with Crippen molar-refractivity contribution in [2.75, 3.05) is 18.6 Å². The molecule has 0 atom stereocenters. The van der Waals surface area contributed by atoms with Gasteiger partial charge in [-0.15, -0.1) is 11.3 Å². The van der Waals surface area contributed by atoms with Crippen molar-refractivity contribution in [3.63, 3.8) is 0 Å². The molecule has 1 fully saturated rings. The molecule has 1 N–H and O–H groups in total. The number of aromatic nitrogens is 3. The van der Waals surface area contributed by atoms with E-state index in [9.17, 15) is 9.59 Å². The van der Waals surface area contributed by atoms with Gasteiger partial charge < -0.3 is 14.6 Å². The van der Waals surface area contributed by atoms with Crippen molar-refractivity contribution < 1.29 is 9.53 Å². The molecule has 8 heteroatoms. The fraction of sp³-hybridized carbons (Fsp3) is 0.391. The van der Waals surface area contributed by atoms with Gasteiger partial charge in [-0.25, -0.2) is 14.8 Å². The molecule has 0 spiro atoms. The number of anilines is 1. The number of nitrogens with zero attached hydrogens (tertiary/aromatic N) is 3. The molecule has 1 aliphatic rings. The van der Waals surface area contributed by atoms with Crippen molar-refractivity contribution in [1.82, 2.24) is 15.0 Å². The Labute approximate surface area is 185 Å². The number of rotatable bonds is 6. The van der Waals surface area contributed by atoms with Crippen LogP contribution in [-0.2, 0) is 4.74 Å². The van der Waals surface area contributed by atoms with Gasteiger partial charge in [-0.2, -0.15) is 0 Å². The number of carbonyl (C=O) groups excluding carboxylic acids is 1. The molecular weight excluding hydrogens is 412 g/mol. The first-order chi connectivity index (χ1) is 15.0. The zero-order valence-corrected chi connectivity index (χ0v) is 18.8. The zero-order chi connectivity index (χ0) is 22.0. The molecule has 0 saturated heterocycles. The number of aryl methyl sites for hydroxylation is 1. The number of esters is 1. The Morgan fingerprint density at radius 1 is 1.32 bits per heavy atom. The van der Waals surface area contributed by atoms with Crippen LogP contribution in [0.5, 0.6) is 0 Å². The highest BCUT2D eigenvalue weighted by Gasteiger charge is 2.21. The van der Waals surface area contributed by atoms with E-state index in [2.05, 4.69) is 26.9 Å². The molecule has 0 unspecified atom stereocenters. The van der Waals surface area contributed by atoms with E-state index in [4.69, 9.17) is 4.74 Å². The van der Waals surface area contributed by atoms with Gasteiger partial charge in [-0.1, -0.05) is 12.8 Å². The highest BCUT2D eigenvalue weighted by Crippen LogP contribution is 2.31. The summed E-state index contributed by atoms with van der Waals surface area (Å²) in [5.41, 5.74) is 2.40. The van der Waals surface area contributed by atoms with E-state index in [0.717, 1.165) is 16.4 Å². The van der Waals surface area contributed by atoms with Crippen LogP contribution < -0.4 is 10.5 Å². The molecule has 0 aromatic carbocycles. The number of ether oxygens (including phenoxy) is 1. The van der Waals surface area contributed by atoms with Crippen LogP contribution in [0.3, 0.4) is 0 Å². The first-order valence-corrected chi connectivity index (χ1v) is 11.4. The molecule has 0 bridgehead atoms. The van der Waals surface area contributed by atoms with Crippen LogP contribution >= 0.6 is 11.3 Å².